The van der Waals surface area contributed by atoms with Crippen molar-refractivity contribution in [3.63, 3.8) is 0 Å². The number of nitriles is 1. The molecule has 106 valence electrons. The van der Waals surface area contributed by atoms with Crippen molar-refractivity contribution < 1.29 is 9.53 Å². The van der Waals surface area contributed by atoms with Gasteiger partial charge in [0.2, 0.25) is 0 Å². The van der Waals surface area contributed by atoms with Gasteiger partial charge in [-0.3, -0.25) is 4.79 Å². The van der Waals surface area contributed by atoms with Gasteiger partial charge in [0.1, 0.15) is 17.5 Å². The minimum absolute atomic E-state index is 0.274. The number of methoxy groups -OCH3 is 1. The first-order valence-electron chi connectivity index (χ1n) is 6.22. The Bertz CT molecular complexity index is 690. The first-order valence-corrected chi connectivity index (χ1v) is 7.44. The SMILES string of the molecule is COc1cccc(C#N)c1NC(=O)c1ccc(SC)cc1. The van der Waals surface area contributed by atoms with E-state index in [4.69, 9.17) is 10.00 Å². The highest BCUT2D eigenvalue weighted by Crippen LogP contribution is 2.28. The number of nitrogens with one attached hydrogen (secondary N) is 1. The lowest BCUT2D eigenvalue weighted by Gasteiger charge is -2.11. The topological polar surface area (TPSA) is 62.1 Å². The van der Waals surface area contributed by atoms with Gasteiger partial charge in [-0.25, -0.2) is 0 Å². The predicted octanol–water partition coefficient (Wildman–Crippen LogP) is 3.54. The molecule has 0 heterocycles. The molecule has 0 saturated heterocycles. The second-order valence-electron chi connectivity index (χ2n) is 4.18. The summed E-state index contributed by atoms with van der Waals surface area (Å²) in [5.74, 6) is 0.187. The van der Waals surface area contributed by atoms with Crippen molar-refractivity contribution in [2.45, 2.75) is 4.90 Å². The standard InChI is InChI=1S/C16H14N2O2S/c1-20-14-5-3-4-12(10-17)15(14)18-16(19)11-6-8-13(21-2)9-7-11/h3-9H,1-2H3,(H,18,19). The van der Waals surface area contributed by atoms with E-state index in [1.54, 1.807) is 42.1 Å². The molecule has 0 saturated carbocycles. The van der Waals surface area contributed by atoms with E-state index in [0.717, 1.165) is 4.90 Å². The summed E-state index contributed by atoms with van der Waals surface area (Å²) in [6, 6.07) is 14.4. The molecule has 0 unspecified atom stereocenters. The summed E-state index contributed by atoms with van der Waals surface area (Å²) in [6.07, 6.45) is 1.98. The molecule has 0 spiro atoms. The summed E-state index contributed by atoms with van der Waals surface area (Å²) < 4.78 is 5.19. The van der Waals surface area contributed by atoms with E-state index in [2.05, 4.69) is 5.32 Å². The third-order valence-electron chi connectivity index (χ3n) is 2.96. The average Bonchev–Trinajstić information content (AvgIpc) is 2.55. The highest BCUT2D eigenvalue weighted by atomic mass is 32.2. The van der Waals surface area contributed by atoms with Gasteiger partial charge in [-0.1, -0.05) is 6.07 Å². The van der Waals surface area contributed by atoms with E-state index >= 15 is 0 Å². The Hall–Kier alpha value is -2.45. The number of nitrogens with zero attached hydrogens (tertiary/aromatic N) is 1. The molecule has 2 aromatic carbocycles. The van der Waals surface area contributed by atoms with Crippen molar-refractivity contribution >= 4 is 23.4 Å². The van der Waals surface area contributed by atoms with Crippen LogP contribution in [0.25, 0.3) is 0 Å². The Labute approximate surface area is 127 Å². The number of benzene rings is 2. The van der Waals surface area contributed by atoms with Gasteiger partial charge in [0, 0.05) is 10.5 Å². The van der Waals surface area contributed by atoms with Crippen molar-refractivity contribution in [1.29, 1.82) is 5.26 Å². The molecule has 2 aromatic rings. The van der Waals surface area contributed by atoms with Crippen LogP contribution in [0.5, 0.6) is 5.75 Å². The lowest BCUT2D eigenvalue weighted by molar-refractivity contribution is 0.102. The minimum atomic E-state index is -0.274. The van der Waals surface area contributed by atoms with Gasteiger partial charge in [-0.15, -0.1) is 11.8 Å². The van der Waals surface area contributed by atoms with Gasteiger partial charge >= 0.3 is 0 Å². The van der Waals surface area contributed by atoms with Crippen LogP contribution in [-0.4, -0.2) is 19.3 Å². The van der Waals surface area contributed by atoms with Crippen LogP contribution in [0.15, 0.2) is 47.4 Å². The molecule has 0 aliphatic rings. The second kappa shape index (κ2) is 6.82. The molecule has 0 aromatic heterocycles. The summed E-state index contributed by atoms with van der Waals surface area (Å²) >= 11 is 1.61. The van der Waals surface area contributed by atoms with Crippen LogP contribution in [-0.2, 0) is 0 Å². The highest BCUT2D eigenvalue weighted by molar-refractivity contribution is 7.98. The zero-order chi connectivity index (χ0) is 15.2. The number of anilines is 1. The summed E-state index contributed by atoms with van der Waals surface area (Å²) in [7, 11) is 1.50. The van der Waals surface area contributed by atoms with Crippen LogP contribution in [0, 0.1) is 11.3 Å². The first-order chi connectivity index (χ1) is 10.2. The van der Waals surface area contributed by atoms with Crippen molar-refractivity contribution in [3.8, 4) is 11.8 Å². The van der Waals surface area contributed by atoms with Crippen LogP contribution in [0.3, 0.4) is 0 Å². The molecule has 21 heavy (non-hydrogen) atoms. The van der Waals surface area contributed by atoms with E-state index in [9.17, 15) is 4.79 Å². The maximum Gasteiger partial charge on any atom is 0.255 e. The first kappa shape index (κ1) is 14.9. The average molecular weight is 298 g/mol. The van der Waals surface area contributed by atoms with Crippen LogP contribution in [0.2, 0.25) is 0 Å². The Kier molecular flexibility index (Phi) is 4.85. The number of rotatable bonds is 4. The molecule has 0 atom stereocenters. The monoisotopic (exact) mass is 298 g/mol. The van der Waals surface area contributed by atoms with Gasteiger partial charge in [-0.2, -0.15) is 5.26 Å². The summed E-state index contributed by atoms with van der Waals surface area (Å²) in [5.41, 5.74) is 1.28. The lowest BCUT2D eigenvalue weighted by Crippen LogP contribution is -2.13. The molecule has 5 heteroatoms. The van der Waals surface area contributed by atoms with Gasteiger partial charge in [0.15, 0.2) is 0 Å². The van der Waals surface area contributed by atoms with Crippen molar-refractivity contribution in [2.75, 3.05) is 18.7 Å². The Morgan fingerprint density at radius 3 is 2.52 bits per heavy atom. The molecule has 0 aliphatic carbocycles. The normalized spacial score (nSPS) is 9.76. The summed E-state index contributed by atoms with van der Waals surface area (Å²) in [4.78, 5) is 13.4. The molecule has 0 fully saturated rings. The molecule has 0 aliphatic heterocycles. The van der Waals surface area contributed by atoms with E-state index in [-0.39, 0.29) is 5.91 Å². The largest absolute Gasteiger partial charge is 0.495 e. The molecule has 4 nitrogen and oxygen atoms in total. The van der Waals surface area contributed by atoms with Gasteiger partial charge in [-0.05, 0) is 42.7 Å². The van der Waals surface area contributed by atoms with E-state index < -0.39 is 0 Å². The summed E-state index contributed by atoms with van der Waals surface area (Å²) in [5, 5.41) is 11.9. The van der Waals surface area contributed by atoms with Crippen molar-refractivity contribution in [3.05, 3.63) is 53.6 Å². The van der Waals surface area contributed by atoms with Gasteiger partial charge < -0.3 is 10.1 Å². The number of carbonyl (C=O) groups excluding carboxylic acids is 1. The minimum Gasteiger partial charge on any atom is -0.495 e. The number of carbonyl (C=O) groups is 1. The van der Waals surface area contributed by atoms with Gasteiger partial charge in [0.25, 0.3) is 5.91 Å². The number of thioether (sulfide) groups is 1. The van der Waals surface area contributed by atoms with Crippen LogP contribution in [0.1, 0.15) is 15.9 Å². The number of ether oxygens (including phenoxy) is 1. The molecule has 1 amide bonds. The Morgan fingerprint density at radius 2 is 1.95 bits per heavy atom. The summed E-state index contributed by atoms with van der Waals surface area (Å²) in [6.45, 7) is 0. The van der Waals surface area contributed by atoms with E-state index in [1.165, 1.54) is 7.11 Å². The van der Waals surface area contributed by atoms with Gasteiger partial charge in [0.05, 0.1) is 12.7 Å². The Morgan fingerprint density at radius 1 is 1.24 bits per heavy atom. The number of hydrogen-bond donors (Lipinski definition) is 1. The number of amides is 1. The highest BCUT2D eigenvalue weighted by Gasteiger charge is 2.13. The number of para-hydroxylation sites is 1. The van der Waals surface area contributed by atoms with Crippen LogP contribution < -0.4 is 10.1 Å². The van der Waals surface area contributed by atoms with Crippen LogP contribution >= 0.6 is 11.8 Å². The second-order valence-corrected chi connectivity index (χ2v) is 5.06. The van der Waals surface area contributed by atoms with E-state index in [0.29, 0.717) is 22.6 Å². The molecule has 0 radical (unpaired) electrons. The molecule has 0 bridgehead atoms. The molecular formula is C16H14N2O2S. The fourth-order valence-corrected chi connectivity index (χ4v) is 2.26. The zero-order valence-corrected chi connectivity index (χ0v) is 12.5. The predicted molar refractivity (Wildman–Crippen MR) is 83.9 cm³/mol. The maximum atomic E-state index is 12.3. The number of hydrogen-bond acceptors (Lipinski definition) is 4. The molecular weight excluding hydrogens is 284 g/mol. The zero-order valence-electron chi connectivity index (χ0n) is 11.7. The van der Waals surface area contributed by atoms with Crippen molar-refractivity contribution in [2.24, 2.45) is 0 Å². The van der Waals surface area contributed by atoms with Crippen molar-refractivity contribution in [1.82, 2.24) is 0 Å². The molecule has 2 rings (SSSR count). The maximum absolute atomic E-state index is 12.3. The Balaban J connectivity index is 2.29. The molecule has 1 N–H and O–H groups in total. The third-order valence-corrected chi connectivity index (χ3v) is 3.70. The third kappa shape index (κ3) is 3.36. The van der Waals surface area contributed by atoms with Crippen LogP contribution in [0.4, 0.5) is 5.69 Å². The smallest absolute Gasteiger partial charge is 0.255 e. The quantitative estimate of drug-likeness (QED) is 0.877. The fourth-order valence-electron chi connectivity index (χ4n) is 1.85. The lowest BCUT2D eigenvalue weighted by atomic mass is 10.1. The van der Waals surface area contributed by atoms with E-state index in [1.807, 2.05) is 24.5 Å². The fraction of sp³-hybridized carbons (Fsp3) is 0.125.